The predicted octanol–water partition coefficient (Wildman–Crippen LogP) is 2.67. The van der Waals surface area contributed by atoms with Gasteiger partial charge in [0.05, 0.1) is 18.5 Å². The monoisotopic (exact) mass is 208 g/mol. The highest BCUT2D eigenvalue weighted by atomic mass is 16.5. The molecule has 1 atom stereocenters. The van der Waals surface area contributed by atoms with Gasteiger partial charge < -0.3 is 10.5 Å². The molecule has 0 unspecified atom stereocenters. The van der Waals surface area contributed by atoms with Crippen LogP contribution in [0.5, 0.6) is 5.75 Å². The molecule has 2 N–H and O–H groups in total. The van der Waals surface area contributed by atoms with Crippen molar-refractivity contribution in [2.24, 2.45) is 5.73 Å². The molecule has 15 heavy (non-hydrogen) atoms. The van der Waals surface area contributed by atoms with E-state index in [9.17, 15) is 0 Å². The van der Waals surface area contributed by atoms with Gasteiger partial charge in [-0.3, -0.25) is 4.98 Å². The van der Waals surface area contributed by atoms with Gasteiger partial charge in [0.15, 0.2) is 0 Å². The van der Waals surface area contributed by atoms with Crippen LogP contribution in [-0.2, 0) is 0 Å². The lowest BCUT2D eigenvalue weighted by Gasteiger charge is -2.07. The fraction of sp³-hybridized carbons (Fsp3) is 0.583. The molecular weight excluding hydrogens is 188 g/mol. The van der Waals surface area contributed by atoms with Crippen molar-refractivity contribution < 1.29 is 4.74 Å². The Bertz CT molecular complexity index is 269. The zero-order valence-corrected chi connectivity index (χ0v) is 9.57. The fourth-order valence-electron chi connectivity index (χ4n) is 1.29. The summed E-state index contributed by atoms with van der Waals surface area (Å²) in [6.45, 7) is 4.87. The normalized spacial score (nSPS) is 12.5. The van der Waals surface area contributed by atoms with Crippen molar-refractivity contribution in [2.45, 2.75) is 39.2 Å². The molecule has 84 valence electrons. The van der Waals surface area contributed by atoms with Gasteiger partial charge in [-0.05, 0) is 25.5 Å². The fourth-order valence-corrected chi connectivity index (χ4v) is 1.29. The number of aromatic nitrogens is 1. The molecule has 0 fully saturated rings. The molecule has 0 radical (unpaired) electrons. The summed E-state index contributed by atoms with van der Waals surface area (Å²) in [6, 6.07) is 3.83. The van der Waals surface area contributed by atoms with Gasteiger partial charge in [-0.1, -0.05) is 19.8 Å². The van der Waals surface area contributed by atoms with Crippen molar-refractivity contribution in [3.05, 3.63) is 24.0 Å². The highest BCUT2D eigenvalue weighted by Crippen LogP contribution is 2.13. The van der Waals surface area contributed by atoms with E-state index >= 15 is 0 Å². The third-order valence-electron chi connectivity index (χ3n) is 2.24. The average Bonchev–Trinajstić information content (AvgIpc) is 2.25. The summed E-state index contributed by atoms with van der Waals surface area (Å²) >= 11 is 0. The Morgan fingerprint density at radius 2 is 2.20 bits per heavy atom. The van der Waals surface area contributed by atoms with Crippen LogP contribution < -0.4 is 10.5 Å². The molecule has 1 aromatic rings. The maximum atomic E-state index is 5.70. The number of unbranched alkanes of at least 4 members (excludes halogenated alkanes) is 2. The van der Waals surface area contributed by atoms with E-state index in [2.05, 4.69) is 11.9 Å². The van der Waals surface area contributed by atoms with Crippen molar-refractivity contribution in [2.75, 3.05) is 6.61 Å². The first kappa shape index (κ1) is 12.0. The summed E-state index contributed by atoms with van der Waals surface area (Å²) in [6.07, 6.45) is 5.27. The van der Waals surface area contributed by atoms with Crippen LogP contribution in [0.2, 0.25) is 0 Å². The smallest absolute Gasteiger partial charge is 0.137 e. The Morgan fingerprint density at radius 3 is 2.73 bits per heavy atom. The molecule has 0 spiro atoms. The molecular formula is C12H20N2O. The molecule has 0 saturated carbocycles. The van der Waals surface area contributed by atoms with Crippen LogP contribution in [0.3, 0.4) is 0 Å². The van der Waals surface area contributed by atoms with Crippen LogP contribution in [0, 0.1) is 0 Å². The van der Waals surface area contributed by atoms with E-state index in [-0.39, 0.29) is 6.04 Å². The van der Waals surface area contributed by atoms with E-state index in [0.29, 0.717) is 0 Å². The molecule has 0 aromatic carbocycles. The summed E-state index contributed by atoms with van der Waals surface area (Å²) < 4.78 is 5.54. The first-order valence-electron chi connectivity index (χ1n) is 5.58. The molecule has 0 aliphatic heterocycles. The Morgan fingerprint density at radius 1 is 1.40 bits per heavy atom. The van der Waals surface area contributed by atoms with Gasteiger partial charge in [0, 0.05) is 6.04 Å². The van der Waals surface area contributed by atoms with Crippen molar-refractivity contribution in [3.63, 3.8) is 0 Å². The predicted molar refractivity (Wildman–Crippen MR) is 61.9 cm³/mol. The van der Waals surface area contributed by atoms with Crippen molar-refractivity contribution in [1.82, 2.24) is 4.98 Å². The second kappa shape index (κ2) is 6.40. The number of hydrogen-bond acceptors (Lipinski definition) is 3. The van der Waals surface area contributed by atoms with Crippen LogP contribution in [0.4, 0.5) is 0 Å². The standard InChI is InChI=1S/C12H20N2O/c1-3-4-5-8-15-11-6-7-12(10(2)13)14-9-11/h6-7,9-10H,3-5,8,13H2,1-2H3/t10-/m0/s1. The third kappa shape index (κ3) is 4.30. The van der Waals surface area contributed by atoms with E-state index in [1.165, 1.54) is 12.8 Å². The number of ether oxygens (including phenoxy) is 1. The summed E-state index contributed by atoms with van der Waals surface area (Å²) in [4.78, 5) is 4.23. The Labute approximate surface area is 91.7 Å². The number of nitrogens with zero attached hydrogens (tertiary/aromatic N) is 1. The highest BCUT2D eigenvalue weighted by molar-refractivity contribution is 5.21. The number of pyridine rings is 1. The molecule has 1 heterocycles. The highest BCUT2D eigenvalue weighted by Gasteiger charge is 2.00. The van der Waals surface area contributed by atoms with Crippen molar-refractivity contribution in [3.8, 4) is 5.75 Å². The van der Waals surface area contributed by atoms with Crippen molar-refractivity contribution >= 4 is 0 Å². The minimum absolute atomic E-state index is 0.0147. The summed E-state index contributed by atoms with van der Waals surface area (Å²) in [7, 11) is 0. The van der Waals surface area contributed by atoms with E-state index < -0.39 is 0 Å². The zero-order chi connectivity index (χ0) is 11.1. The van der Waals surface area contributed by atoms with Crippen LogP contribution in [-0.4, -0.2) is 11.6 Å². The molecule has 0 bridgehead atoms. The van der Waals surface area contributed by atoms with E-state index in [4.69, 9.17) is 10.5 Å². The molecule has 1 aromatic heterocycles. The topological polar surface area (TPSA) is 48.1 Å². The molecule has 3 nitrogen and oxygen atoms in total. The van der Waals surface area contributed by atoms with Gasteiger partial charge in [-0.2, -0.15) is 0 Å². The van der Waals surface area contributed by atoms with Gasteiger partial charge in [0.1, 0.15) is 5.75 Å². The molecule has 1 rings (SSSR count). The minimum atomic E-state index is -0.0147. The molecule has 0 aliphatic rings. The van der Waals surface area contributed by atoms with Gasteiger partial charge in [0.25, 0.3) is 0 Å². The summed E-state index contributed by atoms with van der Waals surface area (Å²) in [5.41, 5.74) is 6.60. The molecule has 0 saturated heterocycles. The second-order valence-electron chi connectivity index (χ2n) is 3.76. The van der Waals surface area contributed by atoms with Crippen LogP contribution in [0.1, 0.15) is 44.8 Å². The zero-order valence-electron chi connectivity index (χ0n) is 9.57. The van der Waals surface area contributed by atoms with Crippen LogP contribution >= 0.6 is 0 Å². The molecule has 0 amide bonds. The Kier molecular flexibility index (Phi) is 5.12. The van der Waals surface area contributed by atoms with Crippen molar-refractivity contribution in [1.29, 1.82) is 0 Å². The maximum absolute atomic E-state index is 5.70. The van der Waals surface area contributed by atoms with Gasteiger partial charge in [-0.15, -0.1) is 0 Å². The summed E-state index contributed by atoms with van der Waals surface area (Å²) in [5, 5.41) is 0. The Balaban J connectivity index is 2.36. The first-order valence-corrected chi connectivity index (χ1v) is 5.58. The second-order valence-corrected chi connectivity index (χ2v) is 3.76. The number of rotatable bonds is 6. The third-order valence-corrected chi connectivity index (χ3v) is 2.24. The largest absolute Gasteiger partial charge is 0.492 e. The first-order chi connectivity index (χ1) is 7.24. The maximum Gasteiger partial charge on any atom is 0.137 e. The van der Waals surface area contributed by atoms with Gasteiger partial charge in [0.2, 0.25) is 0 Å². The number of nitrogens with two attached hydrogens (primary N) is 1. The SMILES string of the molecule is CCCCCOc1ccc([C@H](C)N)nc1. The average molecular weight is 208 g/mol. The lowest BCUT2D eigenvalue weighted by molar-refractivity contribution is 0.305. The summed E-state index contributed by atoms with van der Waals surface area (Å²) in [5.74, 6) is 0.829. The van der Waals surface area contributed by atoms with Gasteiger partial charge >= 0.3 is 0 Å². The van der Waals surface area contributed by atoms with E-state index in [0.717, 1.165) is 24.5 Å². The van der Waals surface area contributed by atoms with E-state index in [1.54, 1.807) is 6.20 Å². The quantitative estimate of drug-likeness (QED) is 0.731. The number of hydrogen-bond donors (Lipinski definition) is 1. The van der Waals surface area contributed by atoms with Gasteiger partial charge in [-0.25, -0.2) is 0 Å². The molecule has 0 aliphatic carbocycles. The van der Waals surface area contributed by atoms with Crippen LogP contribution in [0.15, 0.2) is 18.3 Å². The van der Waals surface area contributed by atoms with E-state index in [1.807, 2.05) is 19.1 Å². The van der Waals surface area contributed by atoms with Crippen LogP contribution in [0.25, 0.3) is 0 Å². The lowest BCUT2D eigenvalue weighted by atomic mass is 10.2. The molecule has 3 heteroatoms. The minimum Gasteiger partial charge on any atom is -0.492 e. The lowest BCUT2D eigenvalue weighted by Crippen LogP contribution is -2.07. The Hall–Kier alpha value is -1.09.